The van der Waals surface area contributed by atoms with Crippen LogP contribution in [0.4, 0.5) is 0 Å². The van der Waals surface area contributed by atoms with Gasteiger partial charge >= 0.3 is 5.97 Å². The van der Waals surface area contributed by atoms with Crippen molar-refractivity contribution in [3.05, 3.63) is 42.0 Å². The number of carbonyl (C=O) groups is 2. The first-order valence-corrected chi connectivity index (χ1v) is 7.39. The third-order valence-electron chi connectivity index (χ3n) is 2.89. The standard InChI is InChI=1S/C17H23NO3/c1-2-21-17(20)11-7-4-8-14-18-16(19)13-12-15-9-5-3-6-10-15/h3,5-6,9-10,12-13H,2,4,7-8,11,14H2,1H3,(H,18,19)/b13-12+. The van der Waals surface area contributed by atoms with E-state index >= 15 is 0 Å². The zero-order valence-electron chi connectivity index (χ0n) is 12.5. The summed E-state index contributed by atoms with van der Waals surface area (Å²) in [6.07, 6.45) is 6.35. The first-order chi connectivity index (χ1) is 10.2. The van der Waals surface area contributed by atoms with E-state index < -0.39 is 0 Å². The second-order valence-electron chi connectivity index (χ2n) is 4.65. The summed E-state index contributed by atoms with van der Waals surface area (Å²) >= 11 is 0. The monoisotopic (exact) mass is 289 g/mol. The van der Waals surface area contributed by atoms with Gasteiger partial charge in [-0.1, -0.05) is 36.8 Å². The molecule has 1 amide bonds. The highest BCUT2D eigenvalue weighted by molar-refractivity contribution is 5.91. The van der Waals surface area contributed by atoms with Crippen molar-refractivity contribution in [2.24, 2.45) is 0 Å². The minimum atomic E-state index is -0.146. The van der Waals surface area contributed by atoms with E-state index in [1.807, 2.05) is 30.3 Å². The van der Waals surface area contributed by atoms with Crippen molar-refractivity contribution in [3.63, 3.8) is 0 Å². The fourth-order valence-electron chi connectivity index (χ4n) is 1.81. The molecule has 4 nitrogen and oxygen atoms in total. The van der Waals surface area contributed by atoms with Crippen LogP contribution >= 0.6 is 0 Å². The molecule has 0 radical (unpaired) electrons. The van der Waals surface area contributed by atoms with Crippen molar-refractivity contribution in [3.8, 4) is 0 Å². The molecule has 0 bridgehead atoms. The summed E-state index contributed by atoms with van der Waals surface area (Å²) in [6, 6.07) is 9.69. The Morgan fingerprint density at radius 2 is 1.90 bits per heavy atom. The summed E-state index contributed by atoms with van der Waals surface area (Å²) in [4.78, 5) is 22.7. The van der Waals surface area contributed by atoms with E-state index in [0.717, 1.165) is 24.8 Å². The molecular formula is C17H23NO3. The lowest BCUT2D eigenvalue weighted by Gasteiger charge is -2.03. The number of rotatable bonds is 9. The lowest BCUT2D eigenvalue weighted by molar-refractivity contribution is -0.143. The Hall–Kier alpha value is -2.10. The summed E-state index contributed by atoms with van der Waals surface area (Å²) in [5.74, 6) is -0.239. The van der Waals surface area contributed by atoms with Crippen LogP contribution in [0.2, 0.25) is 0 Å². The van der Waals surface area contributed by atoms with Gasteiger partial charge in [0.2, 0.25) is 5.91 Å². The van der Waals surface area contributed by atoms with Gasteiger partial charge in [0.15, 0.2) is 0 Å². The van der Waals surface area contributed by atoms with Crippen molar-refractivity contribution in [1.82, 2.24) is 5.32 Å². The van der Waals surface area contributed by atoms with Crippen LogP contribution < -0.4 is 5.32 Å². The second-order valence-corrected chi connectivity index (χ2v) is 4.65. The molecule has 0 atom stereocenters. The van der Waals surface area contributed by atoms with E-state index in [4.69, 9.17) is 4.74 Å². The summed E-state index contributed by atoms with van der Waals surface area (Å²) in [5.41, 5.74) is 1.00. The van der Waals surface area contributed by atoms with Gasteiger partial charge in [0, 0.05) is 19.0 Å². The first kappa shape index (κ1) is 17.0. The van der Waals surface area contributed by atoms with Crippen LogP contribution in [0.3, 0.4) is 0 Å². The third-order valence-corrected chi connectivity index (χ3v) is 2.89. The molecule has 0 aliphatic rings. The maximum atomic E-state index is 11.6. The van der Waals surface area contributed by atoms with Crippen LogP contribution in [0.1, 0.15) is 38.2 Å². The van der Waals surface area contributed by atoms with E-state index in [0.29, 0.717) is 19.6 Å². The average Bonchev–Trinajstić information content (AvgIpc) is 2.50. The van der Waals surface area contributed by atoms with E-state index in [2.05, 4.69) is 5.32 Å². The number of hydrogen-bond acceptors (Lipinski definition) is 3. The smallest absolute Gasteiger partial charge is 0.305 e. The maximum absolute atomic E-state index is 11.6. The summed E-state index contributed by atoms with van der Waals surface area (Å²) in [5, 5.41) is 2.82. The van der Waals surface area contributed by atoms with Crippen molar-refractivity contribution in [1.29, 1.82) is 0 Å². The van der Waals surface area contributed by atoms with Gasteiger partial charge in [0.25, 0.3) is 0 Å². The molecule has 0 aliphatic heterocycles. The number of carbonyl (C=O) groups excluding carboxylic acids is 2. The van der Waals surface area contributed by atoms with Crippen molar-refractivity contribution in [2.75, 3.05) is 13.2 Å². The molecule has 0 heterocycles. The SMILES string of the molecule is CCOC(=O)CCCCCNC(=O)/C=C/c1ccccc1. The minimum Gasteiger partial charge on any atom is -0.466 e. The molecule has 0 spiro atoms. The van der Waals surface area contributed by atoms with Crippen LogP contribution in [0.25, 0.3) is 6.08 Å². The Morgan fingerprint density at radius 3 is 2.62 bits per heavy atom. The first-order valence-electron chi connectivity index (χ1n) is 7.39. The molecule has 0 fully saturated rings. The molecule has 4 heteroatoms. The van der Waals surface area contributed by atoms with E-state index in [1.165, 1.54) is 6.08 Å². The average molecular weight is 289 g/mol. The summed E-state index contributed by atoms with van der Waals surface area (Å²) < 4.78 is 4.84. The molecule has 0 aliphatic carbocycles. The van der Waals surface area contributed by atoms with Crippen LogP contribution in [0, 0.1) is 0 Å². The van der Waals surface area contributed by atoms with Gasteiger partial charge < -0.3 is 10.1 Å². The largest absolute Gasteiger partial charge is 0.466 e. The Labute approximate surface area is 126 Å². The van der Waals surface area contributed by atoms with Crippen LogP contribution in [0.15, 0.2) is 36.4 Å². The van der Waals surface area contributed by atoms with Crippen LogP contribution in [-0.2, 0) is 14.3 Å². The number of benzene rings is 1. The predicted octanol–water partition coefficient (Wildman–Crippen LogP) is 2.94. The highest BCUT2D eigenvalue weighted by Crippen LogP contribution is 2.02. The molecule has 1 N–H and O–H groups in total. The van der Waals surface area contributed by atoms with Gasteiger partial charge in [-0.2, -0.15) is 0 Å². The summed E-state index contributed by atoms with van der Waals surface area (Å²) in [6.45, 7) is 2.86. The Kier molecular flexibility index (Phi) is 8.61. The fraction of sp³-hybridized carbons (Fsp3) is 0.412. The quantitative estimate of drug-likeness (QED) is 0.432. The topological polar surface area (TPSA) is 55.4 Å². The Bertz CT molecular complexity index is 454. The van der Waals surface area contributed by atoms with Crippen molar-refractivity contribution >= 4 is 18.0 Å². The molecule has 1 aromatic carbocycles. The number of hydrogen-bond donors (Lipinski definition) is 1. The minimum absolute atomic E-state index is 0.0933. The lowest BCUT2D eigenvalue weighted by atomic mass is 10.2. The normalized spacial score (nSPS) is 10.5. The van der Waals surface area contributed by atoms with Crippen molar-refractivity contribution < 1.29 is 14.3 Å². The predicted molar refractivity (Wildman–Crippen MR) is 83.6 cm³/mol. The highest BCUT2D eigenvalue weighted by Gasteiger charge is 2.01. The number of ether oxygens (including phenoxy) is 1. The summed E-state index contributed by atoms with van der Waals surface area (Å²) in [7, 11) is 0. The number of nitrogens with one attached hydrogen (secondary N) is 1. The molecule has 114 valence electrons. The van der Waals surface area contributed by atoms with E-state index in [-0.39, 0.29) is 11.9 Å². The molecule has 1 aromatic rings. The maximum Gasteiger partial charge on any atom is 0.305 e. The van der Waals surface area contributed by atoms with Gasteiger partial charge in [-0.15, -0.1) is 0 Å². The van der Waals surface area contributed by atoms with Gasteiger partial charge in [0.05, 0.1) is 6.61 Å². The highest BCUT2D eigenvalue weighted by atomic mass is 16.5. The number of esters is 1. The number of amides is 1. The molecule has 21 heavy (non-hydrogen) atoms. The lowest BCUT2D eigenvalue weighted by Crippen LogP contribution is -2.22. The molecule has 0 saturated heterocycles. The van der Waals surface area contributed by atoms with E-state index in [1.54, 1.807) is 13.0 Å². The fourth-order valence-corrected chi connectivity index (χ4v) is 1.81. The molecule has 1 rings (SSSR count). The molecular weight excluding hydrogens is 266 g/mol. The molecule has 0 saturated carbocycles. The molecule has 0 unspecified atom stereocenters. The zero-order valence-corrected chi connectivity index (χ0v) is 12.5. The third kappa shape index (κ3) is 8.63. The Morgan fingerprint density at radius 1 is 1.14 bits per heavy atom. The second kappa shape index (κ2) is 10.7. The van der Waals surface area contributed by atoms with Crippen LogP contribution in [0.5, 0.6) is 0 Å². The van der Waals surface area contributed by atoms with Crippen LogP contribution in [-0.4, -0.2) is 25.0 Å². The Balaban J connectivity index is 2.06. The van der Waals surface area contributed by atoms with E-state index in [9.17, 15) is 9.59 Å². The van der Waals surface area contributed by atoms with Gasteiger partial charge in [-0.05, 0) is 31.4 Å². The van der Waals surface area contributed by atoms with Gasteiger partial charge in [0.1, 0.15) is 0 Å². The van der Waals surface area contributed by atoms with Crippen molar-refractivity contribution in [2.45, 2.75) is 32.6 Å². The number of unbranched alkanes of at least 4 members (excludes halogenated alkanes) is 2. The van der Waals surface area contributed by atoms with Gasteiger partial charge in [-0.25, -0.2) is 0 Å². The van der Waals surface area contributed by atoms with Gasteiger partial charge in [-0.3, -0.25) is 9.59 Å². The zero-order chi connectivity index (χ0) is 15.3. The molecule has 0 aromatic heterocycles.